The molecule has 0 aliphatic carbocycles. The van der Waals surface area contributed by atoms with Crippen LogP contribution >= 0.6 is 23.1 Å². The Hall–Kier alpha value is -5.99. The minimum absolute atomic E-state index is 0.0503. The average molecular weight is 786 g/mol. The molecule has 0 saturated carbocycles. The first-order valence-corrected chi connectivity index (χ1v) is 19.2. The van der Waals surface area contributed by atoms with Gasteiger partial charge in [-0.3, -0.25) is 9.59 Å². The maximum absolute atomic E-state index is 12.4. The SMILES string of the molecule is Cc1cc(Nc2nc(N3CCC[C@@H](N)C3)cnc2C(N)=O)sn1.Cc1cc(Nc2nc(N3CCC[C@@H](NC(=O)Nc4ccccc4)C3)cnc2C(N)=O)sn1. The van der Waals surface area contributed by atoms with Gasteiger partial charge in [0.15, 0.2) is 23.0 Å². The van der Waals surface area contributed by atoms with Gasteiger partial charge in [-0.1, -0.05) is 18.2 Å². The summed E-state index contributed by atoms with van der Waals surface area (Å²) in [5.41, 5.74) is 19.6. The number of urea groups is 1. The van der Waals surface area contributed by atoms with Gasteiger partial charge in [0.25, 0.3) is 11.8 Å². The standard InChI is InChI=1S/C21H24N8O2S.C14H19N7OS/c1-13-10-17(32-28-13)27-20-18(19(22)30)23-11-16(26-20)29-9-5-8-15(12-29)25-21(31)24-14-6-3-2-4-7-14;1-8-5-11(23-20-8)19-14-12(13(16)22)17-6-10(18-14)21-4-2-3-9(15)7-21/h2-4,6-7,10-11,15H,5,8-9,12H2,1H3,(H2,22,30)(H,26,27)(H2,24,25,31);5-6,9H,2-4,7,15H2,1H3,(H2,16,22)(H,18,19)/t15-;9-/m11/s1. The van der Waals surface area contributed by atoms with E-state index in [1.165, 1.54) is 29.3 Å². The number of aryl methyl sites for hydroxylation is 2. The highest BCUT2D eigenvalue weighted by atomic mass is 32.1. The molecule has 6 heterocycles. The Labute approximate surface area is 325 Å². The molecule has 55 heavy (non-hydrogen) atoms. The number of hydrogen-bond acceptors (Lipinski definition) is 16. The number of piperidine rings is 2. The third-order valence-electron chi connectivity index (χ3n) is 8.62. The molecular weight excluding hydrogens is 743 g/mol. The summed E-state index contributed by atoms with van der Waals surface area (Å²) < 4.78 is 8.42. The summed E-state index contributed by atoms with van der Waals surface area (Å²) in [4.78, 5) is 57.5. The number of benzene rings is 1. The monoisotopic (exact) mass is 785 g/mol. The van der Waals surface area contributed by atoms with Crippen molar-refractivity contribution in [3.8, 4) is 0 Å². The van der Waals surface area contributed by atoms with E-state index in [0.717, 1.165) is 72.4 Å². The number of nitrogens with zero attached hydrogens (tertiary/aromatic N) is 8. The summed E-state index contributed by atoms with van der Waals surface area (Å²) in [6, 6.07) is 12.9. The van der Waals surface area contributed by atoms with E-state index in [9.17, 15) is 14.4 Å². The molecule has 2 saturated heterocycles. The first-order chi connectivity index (χ1) is 26.5. The van der Waals surface area contributed by atoms with Crippen molar-refractivity contribution in [2.45, 2.75) is 51.6 Å². The van der Waals surface area contributed by atoms with Gasteiger partial charge in [0.2, 0.25) is 0 Å². The first kappa shape index (κ1) is 38.7. The zero-order valence-corrected chi connectivity index (χ0v) is 32.0. The molecule has 2 fully saturated rings. The largest absolute Gasteiger partial charge is 0.364 e. The summed E-state index contributed by atoms with van der Waals surface area (Å²) in [5, 5.41) is 13.6. The summed E-state index contributed by atoms with van der Waals surface area (Å²) >= 11 is 2.56. The molecule has 0 bridgehead atoms. The second kappa shape index (κ2) is 17.9. The van der Waals surface area contributed by atoms with E-state index in [2.05, 4.69) is 54.9 Å². The summed E-state index contributed by atoms with van der Waals surface area (Å²) in [6.45, 7) is 6.72. The Kier molecular flexibility index (Phi) is 12.6. The third-order valence-corrected chi connectivity index (χ3v) is 10.2. The number of hydrogen-bond donors (Lipinski definition) is 7. The number of nitrogens with two attached hydrogens (primary N) is 3. The Bertz CT molecular complexity index is 2110. The molecule has 0 unspecified atom stereocenters. The number of carbonyl (C=O) groups excluding carboxylic acids is 3. The lowest BCUT2D eigenvalue weighted by Gasteiger charge is -2.34. The predicted octanol–water partition coefficient (Wildman–Crippen LogP) is 3.89. The fourth-order valence-electron chi connectivity index (χ4n) is 6.07. The van der Waals surface area contributed by atoms with E-state index in [1.807, 2.05) is 61.2 Å². The Balaban J connectivity index is 0.000000197. The van der Waals surface area contributed by atoms with Gasteiger partial charge in [-0.25, -0.2) is 24.7 Å². The summed E-state index contributed by atoms with van der Waals surface area (Å²) in [7, 11) is 0. The van der Waals surface area contributed by atoms with Crippen LogP contribution in [0.4, 0.5) is 43.8 Å². The quantitative estimate of drug-likeness (QED) is 0.106. The van der Waals surface area contributed by atoms with Crippen molar-refractivity contribution >= 4 is 79.9 Å². The lowest BCUT2D eigenvalue weighted by atomic mass is 10.1. The topological polar surface area (TPSA) is 261 Å². The van der Waals surface area contributed by atoms with Gasteiger partial charge in [0.1, 0.15) is 21.6 Å². The van der Waals surface area contributed by atoms with Crippen LogP contribution in [0.1, 0.15) is 58.0 Å². The number of primary amides is 2. The smallest absolute Gasteiger partial charge is 0.319 e. The Morgan fingerprint density at radius 2 is 1.29 bits per heavy atom. The molecule has 4 amide bonds. The fourth-order valence-corrected chi connectivity index (χ4v) is 7.39. The fraction of sp³-hybridized carbons (Fsp3) is 0.343. The molecule has 10 N–H and O–H groups in total. The molecular formula is C35H43N15O3S2. The van der Waals surface area contributed by atoms with Crippen molar-refractivity contribution in [3.05, 3.63) is 77.6 Å². The average Bonchev–Trinajstić information content (AvgIpc) is 3.78. The molecule has 1 aromatic carbocycles. The van der Waals surface area contributed by atoms with E-state index < -0.39 is 11.8 Å². The van der Waals surface area contributed by atoms with Crippen molar-refractivity contribution in [2.75, 3.05) is 51.9 Å². The minimum atomic E-state index is -0.663. The number of aromatic nitrogens is 6. The summed E-state index contributed by atoms with van der Waals surface area (Å²) in [6.07, 6.45) is 6.87. The molecule has 2 atom stereocenters. The van der Waals surface area contributed by atoms with Gasteiger partial charge in [0.05, 0.1) is 23.8 Å². The second-order valence-electron chi connectivity index (χ2n) is 13.1. The zero-order chi connectivity index (χ0) is 38.9. The van der Waals surface area contributed by atoms with Gasteiger partial charge in [-0.15, -0.1) is 0 Å². The van der Waals surface area contributed by atoms with Crippen molar-refractivity contribution in [1.29, 1.82) is 0 Å². The molecule has 0 spiro atoms. The van der Waals surface area contributed by atoms with E-state index in [-0.39, 0.29) is 35.3 Å². The van der Waals surface area contributed by atoms with Crippen LogP contribution < -0.4 is 48.3 Å². The number of para-hydroxylation sites is 1. The van der Waals surface area contributed by atoms with Gasteiger partial charge in [-0.2, -0.15) is 8.75 Å². The van der Waals surface area contributed by atoms with Crippen LogP contribution in [0.25, 0.3) is 0 Å². The van der Waals surface area contributed by atoms with Crippen LogP contribution in [0.2, 0.25) is 0 Å². The van der Waals surface area contributed by atoms with Crippen molar-refractivity contribution < 1.29 is 14.4 Å². The summed E-state index contributed by atoms with van der Waals surface area (Å²) in [5.74, 6) is 0.641. The lowest BCUT2D eigenvalue weighted by molar-refractivity contribution is 0.0987. The van der Waals surface area contributed by atoms with Crippen LogP contribution in [-0.4, -0.2) is 84.8 Å². The van der Waals surface area contributed by atoms with E-state index >= 15 is 0 Å². The number of rotatable bonds is 10. The van der Waals surface area contributed by atoms with Gasteiger partial charge >= 0.3 is 6.03 Å². The number of carbonyl (C=O) groups is 3. The van der Waals surface area contributed by atoms with Crippen LogP contribution in [0.3, 0.4) is 0 Å². The second-order valence-corrected chi connectivity index (χ2v) is 14.7. The molecule has 0 radical (unpaired) electrons. The molecule has 288 valence electrons. The van der Waals surface area contributed by atoms with Crippen LogP contribution in [0.15, 0.2) is 54.9 Å². The molecule has 4 aromatic heterocycles. The normalized spacial score (nSPS) is 16.7. The van der Waals surface area contributed by atoms with Crippen LogP contribution in [0, 0.1) is 13.8 Å². The van der Waals surface area contributed by atoms with Gasteiger partial charge in [0, 0.05) is 44.0 Å². The molecule has 2 aliphatic rings. The van der Waals surface area contributed by atoms with Gasteiger partial charge < -0.3 is 48.3 Å². The van der Waals surface area contributed by atoms with Crippen molar-refractivity contribution in [2.24, 2.45) is 17.2 Å². The maximum atomic E-state index is 12.4. The molecule has 5 aromatic rings. The van der Waals surface area contributed by atoms with Gasteiger partial charge in [-0.05, 0) is 86.9 Å². The van der Waals surface area contributed by atoms with Crippen LogP contribution in [0.5, 0.6) is 0 Å². The zero-order valence-electron chi connectivity index (χ0n) is 30.4. The minimum Gasteiger partial charge on any atom is -0.364 e. The van der Waals surface area contributed by atoms with Crippen molar-refractivity contribution in [1.82, 2.24) is 34.0 Å². The van der Waals surface area contributed by atoms with E-state index in [0.29, 0.717) is 24.0 Å². The first-order valence-electron chi connectivity index (χ1n) is 17.6. The highest BCUT2D eigenvalue weighted by molar-refractivity contribution is 7.10. The van der Waals surface area contributed by atoms with Crippen LogP contribution in [-0.2, 0) is 0 Å². The maximum Gasteiger partial charge on any atom is 0.319 e. The Morgan fingerprint density at radius 3 is 1.78 bits per heavy atom. The van der Waals surface area contributed by atoms with Crippen molar-refractivity contribution in [3.63, 3.8) is 0 Å². The highest BCUT2D eigenvalue weighted by Gasteiger charge is 2.25. The number of nitrogens with one attached hydrogen (secondary N) is 4. The lowest BCUT2D eigenvalue weighted by Crippen LogP contribution is -2.49. The number of anilines is 7. The van der Waals surface area contributed by atoms with E-state index in [1.54, 1.807) is 6.20 Å². The highest BCUT2D eigenvalue weighted by Crippen LogP contribution is 2.27. The molecule has 18 nitrogen and oxygen atoms in total. The number of amides is 4. The van der Waals surface area contributed by atoms with E-state index in [4.69, 9.17) is 17.2 Å². The molecule has 7 rings (SSSR count). The Morgan fingerprint density at radius 1 is 0.764 bits per heavy atom. The molecule has 2 aliphatic heterocycles. The molecule has 20 heteroatoms. The third kappa shape index (κ3) is 10.6. The predicted molar refractivity (Wildman–Crippen MR) is 215 cm³/mol.